The summed E-state index contributed by atoms with van der Waals surface area (Å²) >= 11 is 0. The van der Waals surface area contributed by atoms with Crippen LogP contribution < -0.4 is 0 Å². The van der Waals surface area contributed by atoms with Crippen LogP contribution in [0.15, 0.2) is 0 Å². The first-order valence-corrected chi connectivity index (χ1v) is 6.79. The van der Waals surface area contributed by atoms with Gasteiger partial charge in [-0.25, -0.2) is 8.42 Å². The van der Waals surface area contributed by atoms with E-state index in [1.807, 2.05) is 0 Å². The number of ether oxygens (including phenoxy) is 1. The SMILES string of the molecule is CCCCOCCC(=O)CS(C)(=O)=O. The van der Waals surface area contributed by atoms with Gasteiger partial charge in [0.1, 0.15) is 11.5 Å². The van der Waals surface area contributed by atoms with E-state index in [0.717, 1.165) is 19.1 Å². The summed E-state index contributed by atoms with van der Waals surface area (Å²) in [5.74, 6) is -0.645. The molecule has 0 bridgehead atoms. The number of sulfone groups is 1. The van der Waals surface area contributed by atoms with E-state index in [2.05, 4.69) is 6.92 Å². The molecule has 0 aromatic rings. The number of unbranched alkanes of at least 4 members (excludes halogenated alkanes) is 1. The molecule has 0 radical (unpaired) electrons. The topological polar surface area (TPSA) is 60.4 Å². The van der Waals surface area contributed by atoms with Gasteiger partial charge in [-0.3, -0.25) is 4.79 Å². The minimum absolute atomic E-state index is 0.191. The summed E-state index contributed by atoms with van der Waals surface area (Å²) in [7, 11) is -3.18. The van der Waals surface area contributed by atoms with Crippen molar-refractivity contribution in [1.82, 2.24) is 0 Å². The quantitative estimate of drug-likeness (QED) is 0.570. The summed E-state index contributed by atoms with van der Waals surface area (Å²) in [4.78, 5) is 11.0. The van der Waals surface area contributed by atoms with Gasteiger partial charge in [0.25, 0.3) is 0 Å². The van der Waals surface area contributed by atoms with Gasteiger partial charge in [-0.15, -0.1) is 0 Å². The van der Waals surface area contributed by atoms with Crippen molar-refractivity contribution in [3.05, 3.63) is 0 Å². The van der Waals surface area contributed by atoms with Crippen molar-refractivity contribution in [3.8, 4) is 0 Å². The molecule has 0 aliphatic rings. The average molecular weight is 222 g/mol. The van der Waals surface area contributed by atoms with Crippen LogP contribution in [0, 0.1) is 0 Å². The molecule has 14 heavy (non-hydrogen) atoms. The second kappa shape index (κ2) is 6.95. The molecule has 0 saturated carbocycles. The lowest BCUT2D eigenvalue weighted by atomic mass is 10.3. The van der Waals surface area contributed by atoms with E-state index < -0.39 is 9.84 Å². The fourth-order valence-electron chi connectivity index (χ4n) is 0.899. The first-order valence-electron chi connectivity index (χ1n) is 4.73. The van der Waals surface area contributed by atoms with Gasteiger partial charge in [0.05, 0.1) is 6.61 Å². The molecule has 0 aromatic carbocycles. The standard InChI is InChI=1S/C9H18O4S/c1-3-4-6-13-7-5-9(10)8-14(2,11)12/h3-8H2,1-2H3. The molecule has 0 spiro atoms. The van der Waals surface area contributed by atoms with Crippen molar-refractivity contribution < 1.29 is 17.9 Å². The Morgan fingerprint density at radius 1 is 1.29 bits per heavy atom. The largest absolute Gasteiger partial charge is 0.381 e. The molecule has 0 fully saturated rings. The van der Waals surface area contributed by atoms with E-state index in [1.165, 1.54) is 0 Å². The summed E-state index contributed by atoms with van der Waals surface area (Å²) in [5.41, 5.74) is 0. The Bertz CT molecular complexity index is 256. The van der Waals surface area contributed by atoms with Crippen LogP contribution in [-0.2, 0) is 19.4 Å². The van der Waals surface area contributed by atoms with Crippen LogP contribution in [0.2, 0.25) is 0 Å². The average Bonchev–Trinajstić information content (AvgIpc) is 2.00. The smallest absolute Gasteiger partial charge is 0.154 e. The Hall–Kier alpha value is -0.420. The maximum atomic E-state index is 11.0. The monoisotopic (exact) mass is 222 g/mol. The predicted octanol–water partition coefficient (Wildman–Crippen LogP) is 0.807. The van der Waals surface area contributed by atoms with Crippen LogP contribution in [0.1, 0.15) is 26.2 Å². The number of hydrogen-bond donors (Lipinski definition) is 0. The number of rotatable bonds is 8. The third kappa shape index (κ3) is 9.67. The number of ketones is 1. The van der Waals surface area contributed by atoms with Gasteiger partial charge in [-0.05, 0) is 6.42 Å². The number of carbonyl (C=O) groups excluding carboxylic acids is 1. The molecule has 84 valence electrons. The highest BCUT2D eigenvalue weighted by Crippen LogP contribution is 1.93. The lowest BCUT2D eigenvalue weighted by Gasteiger charge is -2.01. The molecule has 0 saturated heterocycles. The fourth-order valence-corrected chi connectivity index (χ4v) is 1.63. The second-order valence-corrected chi connectivity index (χ2v) is 5.46. The predicted molar refractivity (Wildman–Crippen MR) is 55.1 cm³/mol. The zero-order valence-corrected chi connectivity index (χ0v) is 9.60. The normalized spacial score (nSPS) is 11.6. The van der Waals surface area contributed by atoms with E-state index in [4.69, 9.17) is 4.74 Å². The molecule has 4 nitrogen and oxygen atoms in total. The van der Waals surface area contributed by atoms with Crippen molar-refractivity contribution in [1.29, 1.82) is 0 Å². The van der Waals surface area contributed by atoms with E-state index >= 15 is 0 Å². The van der Waals surface area contributed by atoms with Crippen molar-refractivity contribution in [2.45, 2.75) is 26.2 Å². The summed E-state index contributed by atoms with van der Waals surface area (Å²) in [6, 6.07) is 0. The third-order valence-electron chi connectivity index (χ3n) is 1.59. The maximum Gasteiger partial charge on any atom is 0.154 e. The van der Waals surface area contributed by atoms with Gasteiger partial charge >= 0.3 is 0 Å². The van der Waals surface area contributed by atoms with Gasteiger partial charge in [0, 0.05) is 19.3 Å². The van der Waals surface area contributed by atoms with Crippen LogP contribution in [0.5, 0.6) is 0 Å². The molecule has 0 rings (SSSR count). The zero-order valence-electron chi connectivity index (χ0n) is 8.78. The molecule has 0 unspecified atom stereocenters. The molecule has 5 heteroatoms. The van der Waals surface area contributed by atoms with Gasteiger partial charge in [0.15, 0.2) is 9.84 Å². The molecule has 0 N–H and O–H groups in total. The highest BCUT2D eigenvalue weighted by Gasteiger charge is 2.10. The van der Waals surface area contributed by atoms with Crippen molar-refractivity contribution in [3.63, 3.8) is 0 Å². The van der Waals surface area contributed by atoms with Gasteiger partial charge in [-0.2, -0.15) is 0 Å². The molecule has 0 aromatic heterocycles. The number of Topliss-reactive ketones (excluding diaryl/α,β-unsaturated/α-hetero) is 1. The second-order valence-electron chi connectivity index (χ2n) is 3.32. The van der Waals surface area contributed by atoms with Gasteiger partial charge in [0.2, 0.25) is 0 Å². The molecule has 0 heterocycles. The molecular formula is C9H18O4S. The molecule has 0 aliphatic heterocycles. The summed E-state index contributed by atoms with van der Waals surface area (Å²) in [6.07, 6.45) is 3.27. The first-order chi connectivity index (χ1) is 6.45. The summed E-state index contributed by atoms with van der Waals surface area (Å²) < 4.78 is 26.6. The summed E-state index contributed by atoms with van der Waals surface area (Å²) in [6.45, 7) is 3.02. The fraction of sp³-hybridized carbons (Fsp3) is 0.889. The lowest BCUT2D eigenvalue weighted by molar-refractivity contribution is -0.117. The molecule has 0 amide bonds. The van der Waals surface area contributed by atoms with Gasteiger partial charge in [-0.1, -0.05) is 13.3 Å². The van der Waals surface area contributed by atoms with E-state index in [9.17, 15) is 13.2 Å². The maximum absolute atomic E-state index is 11.0. The zero-order chi connectivity index (χ0) is 11.0. The van der Waals surface area contributed by atoms with E-state index in [1.54, 1.807) is 0 Å². The Labute approximate surface area is 85.6 Å². The molecular weight excluding hydrogens is 204 g/mol. The lowest BCUT2D eigenvalue weighted by Crippen LogP contribution is -2.16. The van der Waals surface area contributed by atoms with Crippen molar-refractivity contribution in [2.75, 3.05) is 25.2 Å². The molecule has 0 atom stereocenters. The Kier molecular flexibility index (Phi) is 6.74. The number of carbonyl (C=O) groups is 1. The van der Waals surface area contributed by atoms with E-state index in [0.29, 0.717) is 13.2 Å². The Morgan fingerprint density at radius 2 is 1.93 bits per heavy atom. The first kappa shape index (κ1) is 13.6. The van der Waals surface area contributed by atoms with Gasteiger partial charge < -0.3 is 4.74 Å². The number of hydrogen-bond acceptors (Lipinski definition) is 4. The minimum atomic E-state index is -3.18. The molecule has 0 aliphatic carbocycles. The van der Waals surface area contributed by atoms with Crippen LogP contribution >= 0.6 is 0 Å². The Morgan fingerprint density at radius 3 is 2.43 bits per heavy atom. The Balaban J connectivity index is 3.46. The third-order valence-corrected chi connectivity index (χ3v) is 2.44. The van der Waals surface area contributed by atoms with Crippen LogP contribution in [-0.4, -0.2) is 39.4 Å². The van der Waals surface area contributed by atoms with Crippen LogP contribution in [0.4, 0.5) is 0 Å². The van der Waals surface area contributed by atoms with Crippen molar-refractivity contribution in [2.24, 2.45) is 0 Å². The highest BCUT2D eigenvalue weighted by atomic mass is 32.2. The van der Waals surface area contributed by atoms with Crippen LogP contribution in [0.3, 0.4) is 0 Å². The van der Waals surface area contributed by atoms with Crippen molar-refractivity contribution >= 4 is 15.6 Å². The van der Waals surface area contributed by atoms with Crippen LogP contribution in [0.25, 0.3) is 0 Å². The van der Waals surface area contributed by atoms with E-state index in [-0.39, 0.29) is 18.0 Å². The minimum Gasteiger partial charge on any atom is -0.381 e. The summed E-state index contributed by atoms with van der Waals surface area (Å²) in [5, 5.41) is 0. The highest BCUT2D eigenvalue weighted by molar-refractivity contribution is 7.91.